The summed E-state index contributed by atoms with van der Waals surface area (Å²) >= 11 is 0. The molecule has 3 rings (SSSR count). The van der Waals surface area contributed by atoms with Crippen molar-refractivity contribution in [3.63, 3.8) is 0 Å². The monoisotopic (exact) mass is 284 g/mol. The zero-order valence-corrected chi connectivity index (χ0v) is 12.5. The fraction of sp³-hybridized carbons (Fsp3) is 0.400. The van der Waals surface area contributed by atoms with E-state index in [2.05, 4.69) is 21.7 Å². The molecule has 6 nitrogen and oxygen atoms in total. The Morgan fingerprint density at radius 2 is 2.05 bits per heavy atom. The van der Waals surface area contributed by atoms with Crippen LogP contribution in [0.5, 0.6) is 0 Å². The summed E-state index contributed by atoms with van der Waals surface area (Å²) < 4.78 is 4.23. The average molecular weight is 284 g/mol. The van der Waals surface area contributed by atoms with Gasteiger partial charge in [-0.2, -0.15) is 0 Å². The highest BCUT2D eigenvalue weighted by Gasteiger charge is 2.11. The number of aromatic nitrogens is 5. The quantitative estimate of drug-likeness (QED) is 0.727. The van der Waals surface area contributed by atoms with E-state index in [9.17, 15) is 0 Å². The highest BCUT2D eigenvalue weighted by molar-refractivity contribution is 5.79. The van der Waals surface area contributed by atoms with Crippen LogP contribution in [-0.4, -0.2) is 24.3 Å². The normalized spacial score (nSPS) is 11.3. The molecule has 21 heavy (non-hydrogen) atoms. The van der Waals surface area contributed by atoms with Crippen molar-refractivity contribution >= 4 is 16.7 Å². The van der Waals surface area contributed by atoms with Crippen LogP contribution in [0.2, 0.25) is 0 Å². The molecule has 0 bridgehead atoms. The summed E-state index contributed by atoms with van der Waals surface area (Å²) in [6.07, 6.45) is 4.61. The zero-order chi connectivity index (χ0) is 14.8. The number of imidazole rings is 1. The average Bonchev–Trinajstić information content (AvgIpc) is 3.00. The fourth-order valence-electron chi connectivity index (χ4n) is 2.61. The lowest BCUT2D eigenvalue weighted by atomic mass is 10.2. The van der Waals surface area contributed by atoms with Crippen molar-refractivity contribution in [3.05, 3.63) is 36.2 Å². The minimum atomic E-state index is 0.753. The van der Waals surface area contributed by atoms with Crippen LogP contribution in [0.25, 0.3) is 11.0 Å². The van der Waals surface area contributed by atoms with E-state index in [0.717, 1.165) is 54.2 Å². The van der Waals surface area contributed by atoms with E-state index >= 15 is 0 Å². The second kappa shape index (κ2) is 5.55. The number of hydrogen-bond acceptors (Lipinski definition) is 4. The van der Waals surface area contributed by atoms with Gasteiger partial charge in [0.1, 0.15) is 18.0 Å². The number of rotatable bonds is 5. The predicted octanol–water partition coefficient (Wildman–Crippen LogP) is 1.94. The Balaban J connectivity index is 1.95. The third-order valence-corrected chi connectivity index (χ3v) is 3.69. The van der Waals surface area contributed by atoms with Crippen molar-refractivity contribution < 1.29 is 0 Å². The standard InChI is InChI=1S/C15H20N6/c1-3-4-14-18-12-9-11(16)5-6-13(12)21(14)8-7-15-19-17-10-20(15)2/h5-6,9-10H,3-4,7-8,16H2,1-2H3. The Kier molecular flexibility index (Phi) is 3.60. The molecule has 0 aliphatic heterocycles. The Morgan fingerprint density at radius 3 is 2.76 bits per heavy atom. The highest BCUT2D eigenvalue weighted by Crippen LogP contribution is 2.20. The summed E-state index contributed by atoms with van der Waals surface area (Å²) in [4.78, 5) is 4.73. The lowest BCUT2D eigenvalue weighted by Gasteiger charge is -2.08. The van der Waals surface area contributed by atoms with Crippen molar-refractivity contribution in [2.45, 2.75) is 32.7 Å². The molecule has 0 unspecified atom stereocenters. The number of nitrogens with zero attached hydrogens (tertiary/aromatic N) is 5. The molecule has 0 radical (unpaired) electrons. The van der Waals surface area contributed by atoms with Crippen LogP contribution in [0, 0.1) is 0 Å². The van der Waals surface area contributed by atoms with Gasteiger partial charge in [-0.25, -0.2) is 4.98 Å². The summed E-state index contributed by atoms with van der Waals surface area (Å²) in [6, 6.07) is 5.92. The summed E-state index contributed by atoms with van der Waals surface area (Å²) in [6.45, 7) is 3.02. The second-order valence-corrected chi connectivity index (χ2v) is 5.29. The molecule has 0 aliphatic rings. The van der Waals surface area contributed by atoms with Gasteiger partial charge in [0.25, 0.3) is 0 Å². The van der Waals surface area contributed by atoms with Gasteiger partial charge in [0.05, 0.1) is 11.0 Å². The van der Waals surface area contributed by atoms with Gasteiger partial charge in [0, 0.05) is 32.1 Å². The smallest absolute Gasteiger partial charge is 0.134 e. The number of nitrogen functional groups attached to an aromatic ring is 1. The molecule has 0 aliphatic carbocycles. The lowest BCUT2D eigenvalue weighted by Crippen LogP contribution is -2.09. The van der Waals surface area contributed by atoms with Gasteiger partial charge in [-0.15, -0.1) is 10.2 Å². The molecule has 0 saturated heterocycles. The third kappa shape index (κ3) is 2.61. The predicted molar refractivity (Wildman–Crippen MR) is 82.8 cm³/mol. The minimum absolute atomic E-state index is 0.753. The molecule has 2 N–H and O–H groups in total. The first-order valence-electron chi connectivity index (χ1n) is 7.26. The van der Waals surface area contributed by atoms with E-state index in [1.165, 1.54) is 0 Å². The molecule has 3 aromatic rings. The van der Waals surface area contributed by atoms with E-state index in [-0.39, 0.29) is 0 Å². The molecule has 0 atom stereocenters. The second-order valence-electron chi connectivity index (χ2n) is 5.29. The van der Waals surface area contributed by atoms with Gasteiger partial charge in [-0.3, -0.25) is 0 Å². The van der Waals surface area contributed by atoms with Crippen LogP contribution in [0.1, 0.15) is 25.0 Å². The van der Waals surface area contributed by atoms with E-state index in [1.807, 2.05) is 29.8 Å². The van der Waals surface area contributed by atoms with E-state index in [4.69, 9.17) is 10.7 Å². The van der Waals surface area contributed by atoms with Crippen LogP contribution in [0.3, 0.4) is 0 Å². The Bertz CT molecular complexity index is 755. The van der Waals surface area contributed by atoms with E-state index < -0.39 is 0 Å². The lowest BCUT2D eigenvalue weighted by molar-refractivity contribution is 0.627. The molecular weight excluding hydrogens is 264 g/mol. The maximum absolute atomic E-state index is 5.86. The van der Waals surface area contributed by atoms with Gasteiger partial charge in [-0.05, 0) is 24.6 Å². The maximum atomic E-state index is 5.86. The van der Waals surface area contributed by atoms with Gasteiger partial charge in [0.2, 0.25) is 0 Å². The molecule has 6 heteroatoms. The minimum Gasteiger partial charge on any atom is -0.399 e. The summed E-state index contributed by atoms with van der Waals surface area (Å²) in [7, 11) is 1.97. The molecule has 0 fully saturated rings. The van der Waals surface area contributed by atoms with E-state index in [1.54, 1.807) is 6.33 Å². The molecule has 2 aromatic heterocycles. The molecule has 0 saturated carbocycles. The van der Waals surface area contributed by atoms with Gasteiger partial charge < -0.3 is 14.9 Å². The Hall–Kier alpha value is -2.37. The first kappa shape index (κ1) is 13.6. The number of nitrogens with two attached hydrogens (primary N) is 1. The van der Waals surface area contributed by atoms with Gasteiger partial charge in [0.15, 0.2) is 0 Å². The van der Waals surface area contributed by atoms with Crippen LogP contribution in [-0.2, 0) is 26.4 Å². The topological polar surface area (TPSA) is 74.6 Å². The van der Waals surface area contributed by atoms with Gasteiger partial charge >= 0.3 is 0 Å². The van der Waals surface area contributed by atoms with Gasteiger partial charge in [-0.1, -0.05) is 6.92 Å². The molecule has 110 valence electrons. The maximum Gasteiger partial charge on any atom is 0.134 e. The Morgan fingerprint density at radius 1 is 1.19 bits per heavy atom. The molecular formula is C15H20N6. The first-order chi connectivity index (χ1) is 10.2. The van der Waals surface area contributed by atoms with Crippen molar-refractivity contribution in [3.8, 4) is 0 Å². The first-order valence-corrected chi connectivity index (χ1v) is 7.26. The SMILES string of the molecule is CCCc1nc2cc(N)ccc2n1CCc1nncn1C. The Labute approximate surface area is 123 Å². The molecule has 1 aromatic carbocycles. The number of fused-ring (bicyclic) bond motifs is 1. The van der Waals surface area contributed by atoms with Crippen LogP contribution in [0.4, 0.5) is 5.69 Å². The van der Waals surface area contributed by atoms with E-state index in [0.29, 0.717) is 0 Å². The third-order valence-electron chi connectivity index (χ3n) is 3.69. The number of aryl methyl sites for hydroxylation is 4. The number of anilines is 1. The highest BCUT2D eigenvalue weighted by atomic mass is 15.2. The zero-order valence-electron chi connectivity index (χ0n) is 12.5. The van der Waals surface area contributed by atoms with Crippen LogP contribution in [0.15, 0.2) is 24.5 Å². The molecule has 0 spiro atoms. The largest absolute Gasteiger partial charge is 0.399 e. The van der Waals surface area contributed by atoms with Crippen LogP contribution < -0.4 is 5.73 Å². The molecule has 0 amide bonds. The number of hydrogen-bond donors (Lipinski definition) is 1. The van der Waals surface area contributed by atoms with Crippen molar-refractivity contribution in [1.82, 2.24) is 24.3 Å². The molecule has 2 heterocycles. The van der Waals surface area contributed by atoms with Crippen molar-refractivity contribution in [2.75, 3.05) is 5.73 Å². The summed E-state index contributed by atoms with van der Waals surface area (Å²) in [5, 5.41) is 8.07. The van der Waals surface area contributed by atoms with Crippen molar-refractivity contribution in [1.29, 1.82) is 0 Å². The fourth-order valence-corrected chi connectivity index (χ4v) is 2.61. The summed E-state index contributed by atoms with van der Waals surface area (Å²) in [5.41, 5.74) is 8.71. The van der Waals surface area contributed by atoms with Crippen LogP contribution >= 0.6 is 0 Å². The number of benzene rings is 1. The van der Waals surface area contributed by atoms with Crippen molar-refractivity contribution in [2.24, 2.45) is 7.05 Å². The summed E-state index contributed by atoms with van der Waals surface area (Å²) in [5.74, 6) is 2.09.